The maximum absolute atomic E-state index is 14.7. The van der Waals surface area contributed by atoms with Crippen molar-refractivity contribution in [1.29, 1.82) is 0 Å². The van der Waals surface area contributed by atoms with Crippen molar-refractivity contribution in [2.45, 2.75) is 6.54 Å². The Labute approximate surface area is 148 Å². The standard InChI is InChI=1S/C21H13FN2O2/c1-23-15-9-10-17-18(11-15)24(20(19(17)22)21(25)26)12-14-7-4-6-13-5-2-3-8-16(13)14/h2-11H,12H2,(H,25,26). The Kier molecular flexibility index (Phi) is 3.67. The van der Waals surface area contributed by atoms with Gasteiger partial charge in [0.2, 0.25) is 0 Å². The van der Waals surface area contributed by atoms with Crippen LogP contribution in [0.4, 0.5) is 10.1 Å². The number of fused-ring (bicyclic) bond motifs is 2. The molecule has 0 unspecified atom stereocenters. The summed E-state index contributed by atoms with van der Waals surface area (Å²) in [7, 11) is 0. The minimum atomic E-state index is -1.33. The number of halogens is 1. The molecule has 4 aromatic rings. The van der Waals surface area contributed by atoms with Crippen LogP contribution in [0.2, 0.25) is 0 Å². The van der Waals surface area contributed by atoms with Gasteiger partial charge < -0.3 is 9.67 Å². The molecule has 4 rings (SSSR count). The van der Waals surface area contributed by atoms with Crippen LogP contribution < -0.4 is 0 Å². The lowest BCUT2D eigenvalue weighted by atomic mass is 10.0. The first-order valence-electron chi connectivity index (χ1n) is 7.99. The molecule has 0 saturated heterocycles. The van der Waals surface area contributed by atoms with Gasteiger partial charge in [-0.2, -0.15) is 0 Å². The summed E-state index contributed by atoms with van der Waals surface area (Å²) in [5.74, 6) is -2.10. The molecule has 0 aliphatic rings. The second-order valence-corrected chi connectivity index (χ2v) is 6.01. The summed E-state index contributed by atoms with van der Waals surface area (Å²) in [6.07, 6.45) is 0. The van der Waals surface area contributed by atoms with E-state index >= 15 is 0 Å². The van der Waals surface area contributed by atoms with Crippen LogP contribution in [-0.2, 0) is 6.54 Å². The summed E-state index contributed by atoms with van der Waals surface area (Å²) in [6, 6.07) is 18.0. The third-order valence-electron chi connectivity index (χ3n) is 4.53. The van der Waals surface area contributed by atoms with Crippen LogP contribution in [-0.4, -0.2) is 15.6 Å². The van der Waals surface area contributed by atoms with E-state index in [1.807, 2.05) is 42.5 Å². The molecule has 5 heteroatoms. The smallest absolute Gasteiger partial charge is 0.355 e. The van der Waals surface area contributed by atoms with Crippen LogP contribution in [0.15, 0.2) is 60.7 Å². The number of aromatic carboxylic acids is 1. The first-order valence-corrected chi connectivity index (χ1v) is 7.99. The Morgan fingerprint density at radius 1 is 1.08 bits per heavy atom. The molecule has 0 spiro atoms. The molecule has 1 heterocycles. The largest absolute Gasteiger partial charge is 0.476 e. The van der Waals surface area contributed by atoms with Crippen molar-refractivity contribution in [1.82, 2.24) is 4.57 Å². The highest BCUT2D eigenvalue weighted by atomic mass is 19.1. The van der Waals surface area contributed by atoms with Crippen molar-refractivity contribution in [3.63, 3.8) is 0 Å². The van der Waals surface area contributed by atoms with E-state index in [-0.39, 0.29) is 11.9 Å². The number of carboxylic acid groups (broad SMARTS) is 1. The average molecular weight is 344 g/mol. The summed E-state index contributed by atoms with van der Waals surface area (Å²) in [4.78, 5) is 15.1. The second kappa shape index (κ2) is 6.01. The van der Waals surface area contributed by atoms with Gasteiger partial charge in [0, 0.05) is 17.4 Å². The molecule has 26 heavy (non-hydrogen) atoms. The Balaban J connectivity index is 1.99. The SMILES string of the molecule is [C-]#[N+]c1ccc2c(F)c(C(=O)O)n(Cc3cccc4ccccc34)c2c1. The highest BCUT2D eigenvalue weighted by Gasteiger charge is 2.23. The topological polar surface area (TPSA) is 46.6 Å². The van der Waals surface area contributed by atoms with E-state index in [1.54, 1.807) is 0 Å². The quantitative estimate of drug-likeness (QED) is 0.517. The number of aromatic nitrogens is 1. The van der Waals surface area contributed by atoms with Crippen LogP contribution in [0.3, 0.4) is 0 Å². The molecule has 0 amide bonds. The monoisotopic (exact) mass is 344 g/mol. The molecule has 0 atom stereocenters. The molecule has 1 N–H and O–H groups in total. The molecular formula is C21H13FN2O2. The van der Waals surface area contributed by atoms with Gasteiger partial charge >= 0.3 is 5.97 Å². The fraction of sp³-hybridized carbons (Fsp3) is 0.0476. The fourth-order valence-corrected chi connectivity index (χ4v) is 3.34. The van der Waals surface area contributed by atoms with Crippen molar-refractivity contribution in [3.8, 4) is 0 Å². The van der Waals surface area contributed by atoms with Gasteiger partial charge in [-0.05, 0) is 22.4 Å². The lowest BCUT2D eigenvalue weighted by Gasteiger charge is -2.11. The molecule has 0 aliphatic heterocycles. The Morgan fingerprint density at radius 3 is 2.62 bits per heavy atom. The minimum Gasteiger partial charge on any atom is -0.476 e. The van der Waals surface area contributed by atoms with Gasteiger partial charge in [0.25, 0.3) is 0 Å². The molecular weight excluding hydrogens is 331 g/mol. The first-order chi connectivity index (χ1) is 12.6. The number of carboxylic acids is 1. The summed E-state index contributed by atoms with van der Waals surface area (Å²) in [5.41, 5.74) is 1.23. The summed E-state index contributed by atoms with van der Waals surface area (Å²) in [5, 5.41) is 11.8. The van der Waals surface area contributed by atoms with Crippen molar-refractivity contribution in [2.24, 2.45) is 0 Å². The summed E-state index contributed by atoms with van der Waals surface area (Å²) >= 11 is 0. The zero-order chi connectivity index (χ0) is 18.3. The van der Waals surface area contributed by atoms with E-state index in [1.165, 1.54) is 22.8 Å². The van der Waals surface area contributed by atoms with Crippen molar-refractivity contribution < 1.29 is 14.3 Å². The van der Waals surface area contributed by atoms with E-state index in [0.29, 0.717) is 11.2 Å². The van der Waals surface area contributed by atoms with Crippen LogP contribution >= 0.6 is 0 Å². The third kappa shape index (κ3) is 2.40. The number of rotatable bonds is 3. The zero-order valence-electron chi connectivity index (χ0n) is 13.6. The van der Waals surface area contributed by atoms with Crippen LogP contribution in [0, 0.1) is 12.4 Å². The molecule has 0 radical (unpaired) electrons. The highest BCUT2D eigenvalue weighted by Crippen LogP contribution is 2.30. The fourth-order valence-electron chi connectivity index (χ4n) is 3.34. The maximum atomic E-state index is 14.7. The molecule has 0 fully saturated rings. The molecule has 1 aromatic heterocycles. The van der Waals surface area contributed by atoms with E-state index in [9.17, 15) is 14.3 Å². The van der Waals surface area contributed by atoms with Crippen LogP contribution in [0.25, 0.3) is 26.5 Å². The van der Waals surface area contributed by atoms with Crippen molar-refractivity contribution >= 4 is 33.3 Å². The van der Waals surface area contributed by atoms with Gasteiger partial charge in [-0.1, -0.05) is 54.6 Å². The first kappa shape index (κ1) is 15.9. The normalized spacial score (nSPS) is 10.9. The number of carbonyl (C=O) groups is 1. The van der Waals surface area contributed by atoms with E-state index in [0.717, 1.165) is 16.3 Å². The lowest BCUT2D eigenvalue weighted by Crippen LogP contribution is -2.11. The number of benzene rings is 3. The predicted molar refractivity (Wildman–Crippen MR) is 98.2 cm³/mol. The number of hydrogen-bond acceptors (Lipinski definition) is 1. The van der Waals surface area contributed by atoms with Gasteiger partial charge in [0.05, 0.1) is 6.57 Å². The minimum absolute atomic E-state index is 0.199. The maximum Gasteiger partial charge on any atom is 0.355 e. The zero-order valence-corrected chi connectivity index (χ0v) is 13.6. The lowest BCUT2D eigenvalue weighted by molar-refractivity contribution is 0.0681. The Bertz CT molecular complexity index is 1210. The van der Waals surface area contributed by atoms with E-state index in [4.69, 9.17) is 6.57 Å². The molecule has 3 aromatic carbocycles. The number of nitrogens with zero attached hydrogens (tertiary/aromatic N) is 2. The average Bonchev–Trinajstić information content (AvgIpc) is 2.93. The summed E-state index contributed by atoms with van der Waals surface area (Å²) in [6.45, 7) is 7.37. The molecule has 4 nitrogen and oxygen atoms in total. The highest BCUT2D eigenvalue weighted by molar-refractivity contribution is 5.97. The van der Waals surface area contributed by atoms with E-state index in [2.05, 4.69) is 4.85 Å². The van der Waals surface area contributed by atoms with Crippen molar-refractivity contribution in [2.75, 3.05) is 0 Å². The van der Waals surface area contributed by atoms with Crippen molar-refractivity contribution in [3.05, 3.63) is 89.2 Å². The van der Waals surface area contributed by atoms with Gasteiger partial charge in [-0.25, -0.2) is 14.0 Å². The van der Waals surface area contributed by atoms with Gasteiger partial charge in [-0.3, -0.25) is 0 Å². The third-order valence-corrected chi connectivity index (χ3v) is 4.53. The number of hydrogen-bond donors (Lipinski definition) is 1. The second-order valence-electron chi connectivity index (χ2n) is 6.01. The van der Waals surface area contributed by atoms with Crippen LogP contribution in [0.1, 0.15) is 16.1 Å². The molecule has 0 bridgehead atoms. The van der Waals surface area contributed by atoms with Gasteiger partial charge in [0.15, 0.2) is 17.2 Å². The predicted octanol–water partition coefficient (Wildman–Crippen LogP) is 5.23. The Hall–Kier alpha value is -3.65. The molecule has 0 aliphatic carbocycles. The summed E-state index contributed by atoms with van der Waals surface area (Å²) < 4.78 is 16.1. The Morgan fingerprint density at radius 2 is 1.85 bits per heavy atom. The molecule has 0 saturated carbocycles. The van der Waals surface area contributed by atoms with Gasteiger partial charge in [0.1, 0.15) is 0 Å². The van der Waals surface area contributed by atoms with Gasteiger partial charge in [-0.15, -0.1) is 0 Å². The molecule has 126 valence electrons. The van der Waals surface area contributed by atoms with Crippen LogP contribution in [0.5, 0.6) is 0 Å². The van der Waals surface area contributed by atoms with E-state index < -0.39 is 17.5 Å².